The van der Waals surface area contributed by atoms with Gasteiger partial charge in [0.2, 0.25) is 0 Å². The molecule has 0 atom stereocenters. The lowest BCUT2D eigenvalue weighted by molar-refractivity contribution is 0.414. The van der Waals surface area contributed by atoms with Crippen LogP contribution in [0.4, 0.5) is 0 Å². The van der Waals surface area contributed by atoms with Gasteiger partial charge in [-0.2, -0.15) is 0 Å². The second-order valence-electron chi connectivity index (χ2n) is 4.87. The van der Waals surface area contributed by atoms with Crippen molar-refractivity contribution in [3.63, 3.8) is 0 Å². The Morgan fingerprint density at radius 2 is 1.05 bits per heavy atom. The van der Waals surface area contributed by atoms with Gasteiger partial charge in [-0.1, -0.05) is 12.1 Å². The van der Waals surface area contributed by atoms with Crippen LogP contribution in [0.15, 0.2) is 36.4 Å². The molecule has 2 aromatic rings. The van der Waals surface area contributed by atoms with Gasteiger partial charge in [0, 0.05) is 0 Å². The van der Waals surface area contributed by atoms with Crippen LogP contribution >= 0.6 is 0 Å². The minimum absolute atomic E-state index is 0.354. The van der Waals surface area contributed by atoms with E-state index in [9.17, 15) is 0 Å². The number of benzene rings is 2. The van der Waals surface area contributed by atoms with E-state index in [-0.39, 0.29) is 0 Å². The molecule has 0 aliphatic carbocycles. The predicted octanol–water partition coefficient (Wildman–Crippen LogP) is 4.32. The van der Waals surface area contributed by atoms with E-state index in [4.69, 9.17) is 9.84 Å². The zero-order chi connectivity index (χ0) is 14.4. The number of ether oxygens (including phenoxy) is 1. The summed E-state index contributed by atoms with van der Waals surface area (Å²) in [7, 11) is 1.69. The third kappa shape index (κ3) is 5.47. The third-order valence-electron chi connectivity index (χ3n) is 2.64. The Morgan fingerprint density at radius 3 is 1.37 bits per heavy atom. The van der Waals surface area contributed by atoms with E-state index in [0.717, 1.165) is 16.9 Å². The molecule has 0 saturated carbocycles. The van der Waals surface area contributed by atoms with E-state index in [1.54, 1.807) is 19.2 Å². The molecule has 102 valence electrons. The first kappa shape index (κ1) is 15.1. The highest BCUT2D eigenvalue weighted by atomic mass is 16.5. The lowest BCUT2D eigenvalue weighted by Gasteiger charge is -2.01. The molecule has 19 heavy (non-hydrogen) atoms. The molecule has 2 aromatic carbocycles. The van der Waals surface area contributed by atoms with Crippen molar-refractivity contribution < 1.29 is 9.84 Å². The fourth-order valence-electron chi connectivity index (χ4n) is 2.00. The van der Waals surface area contributed by atoms with E-state index in [1.165, 1.54) is 11.1 Å². The Balaban J connectivity index is 0.000000191. The predicted molar refractivity (Wildman–Crippen MR) is 80.0 cm³/mol. The van der Waals surface area contributed by atoms with Gasteiger partial charge in [-0.05, 0) is 74.2 Å². The summed E-state index contributed by atoms with van der Waals surface area (Å²) in [4.78, 5) is 0. The summed E-state index contributed by atoms with van der Waals surface area (Å²) < 4.78 is 5.08. The zero-order valence-electron chi connectivity index (χ0n) is 12.3. The Labute approximate surface area is 115 Å². The number of aryl methyl sites for hydroxylation is 4. The summed E-state index contributed by atoms with van der Waals surface area (Å²) >= 11 is 0. The molecule has 0 aliphatic heterocycles. The minimum atomic E-state index is 0.354. The van der Waals surface area contributed by atoms with E-state index < -0.39 is 0 Å². The van der Waals surface area contributed by atoms with Gasteiger partial charge in [0.25, 0.3) is 0 Å². The fourth-order valence-corrected chi connectivity index (χ4v) is 2.00. The number of methoxy groups -OCH3 is 1. The molecular weight excluding hydrogens is 236 g/mol. The molecule has 0 amide bonds. The van der Waals surface area contributed by atoms with E-state index in [1.807, 2.05) is 32.0 Å². The highest BCUT2D eigenvalue weighted by Gasteiger charge is 1.92. The smallest absolute Gasteiger partial charge is 0.119 e. The molecule has 0 fully saturated rings. The Kier molecular flexibility index (Phi) is 5.43. The Bertz CT molecular complexity index is 474. The van der Waals surface area contributed by atoms with Crippen LogP contribution in [0.3, 0.4) is 0 Å². The van der Waals surface area contributed by atoms with Crippen molar-refractivity contribution in [2.45, 2.75) is 27.7 Å². The molecule has 0 saturated heterocycles. The van der Waals surface area contributed by atoms with Crippen LogP contribution in [0.1, 0.15) is 22.3 Å². The molecule has 0 bridgehead atoms. The summed E-state index contributed by atoms with van der Waals surface area (Å²) in [6.07, 6.45) is 0. The normalized spacial score (nSPS) is 9.53. The molecule has 2 heteroatoms. The van der Waals surface area contributed by atoms with Crippen LogP contribution in [-0.2, 0) is 0 Å². The summed E-state index contributed by atoms with van der Waals surface area (Å²) in [5.74, 6) is 1.30. The van der Waals surface area contributed by atoms with E-state index >= 15 is 0 Å². The lowest BCUT2D eigenvalue weighted by Crippen LogP contribution is -1.84. The number of aromatic hydroxyl groups is 1. The van der Waals surface area contributed by atoms with Crippen molar-refractivity contribution in [3.05, 3.63) is 58.7 Å². The Morgan fingerprint density at radius 1 is 0.684 bits per heavy atom. The van der Waals surface area contributed by atoms with Crippen molar-refractivity contribution >= 4 is 0 Å². The van der Waals surface area contributed by atoms with Crippen molar-refractivity contribution in [1.82, 2.24) is 0 Å². The molecular formula is C17H22O2. The van der Waals surface area contributed by atoms with Gasteiger partial charge in [0.1, 0.15) is 11.5 Å². The summed E-state index contributed by atoms with van der Waals surface area (Å²) in [6.45, 7) is 8.06. The van der Waals surface area contributed by atoms with Crippen molar-refractivity contribution in [2.75, 3.05) is 7.11 Å². The van der Waals surface area contributed by atoms with Crippen LogP contribution < -0.4 is 4.74 Å². The standard InChI is InChI=1S/C9H12O.C8H10O/c1-7-4-8(2)6-9(5-7)10-3;1-6-3-7(2)5-8(9)4-6/h4-6H,1-3H3;3-5,9H,1-2H3. The second-order valence-corrected chi connectivity index (χ2v) is 4.87. The van der Waals surface area contributed by atoms with Crippen LogP contribution in [0.25, 0.3) is 0 Å². The average molecular weight is 258 g/mol. The maximum Gasteiger partial charge on any atom is 0.119 e. The average Bonchev–Trinajstić information content (AvgIpc) is 2.26. The van der Waals surface area contributed by atoms with E-state index in [2.05, 4.69) is 19.9 Å². The van der Waals surface area contributed by atoms with Crippen molar-refractivity contribution in [2.24, 2.45) is 0 Å². The van der Waals surface area contributed by atoms with Gasteiger partial charge in [-0.25, -0.2) is 0 Å². The van der Waals surface area contributed by atoms with Crippen molar-refractivity contribution in [3.8, 4) is 11.5 Å². The molecule has 0 aliphatic rings. The van der Waals surface area contributed by atoms with Crippen LogP contribution in [0, 0.1) is 27.7 Å². The second kappa shape index (κ2) is 6.83. The first-order chi connectivity index (χ1) is 8.90. The SMILES string of the molecule is COc1cc(C)cc(C)c1.Cc1cc(C)cc(O)c1. The van der Waals surface area contributed by atoms with Gasteiger partial charge in [0.05, 0.1) is 7.11 Å². The molecule has 0 aromatic heterocycles. The molecule has 0 spiro atoms. The van der Waals surface area contributed by atoms with Gasteiger partial charge >= 0.3 is 0 Å². The highest BCUT2D eigenvalue weighted by Crippen LogP contribution is 2.15. The Hall–Kier alpha value is -1.96. The zero-order valence-corrected chi connectivity index (χ0v) is 12.3. The van der Waals surface area contributed by atoms with Crippen molar-refractivity contribution in [1.29, 1.82) is 0 Å². The molecule has 0 radical (unpaired) electrons. The summed E-state index contributed by atoms with van der Waals surface area (Å²) in [5.41, 5.74) is 4.70. The van der Waals surface area contributed by atoms with Crippen LogP contribution in [0.5, 0.6) is 11.5 Å². The molecule has 2 nitrogen and oxygen atoms in total. The topological polar surface area (TPSA) is 29.5 Å². The largest absolute Gasteiger partial charge is 0.508 e. The number of phenolic OH excluding ortho intramolecular Hbond substituents is 1. The van der Waals surface area contributed by atoms with Gasteiger partial charge in [-0.15, -0.1) is 0 Å². The number of phenols is 1. The van der Waals surface area contributed by atoms with Gasteiger partial charge in [0.15, 0.2) is 0 Å². The van der Waals surface area contributed by atoms with Crippen LogP contribution in [-0.4, -0.2) is 12.2 Å². The van der Waals surface area contributed by atoms with Gasteiger partial charge < -0.3 is 9.84 Å². The molecule has 0 unspecified atom stereocenters. The number of hydrogen-bond acceptors (Lipinski definition) is 2. The van der Waals surface area contributed by atoms with E-state index in [0.29, 0.717) is 5.75 Å². The molecule has 1 N–H and O–H groups in total. The third-order valence-corrected chi connectivity index (χ3v) is 2.64. The maximum absolute atomic E-state index is 8.99. The summed E-state index contributed by atoms with van der Waals surface area (Å²) in [6, 6.07) is 11.7. The minimum Gasteiger partial charge on any atom is -0.508 e. The number of rotatable bonds is 1. The fraction of sp³-hybridized carbons (Fsp3) is 0.294. The summed E-state index contributed by atoms with van der Waals surface area (Å²) in [5, 5.41) is 8.99. The maximum atomic E-state index is 8.99. The quantitative estimate of drug-likeness (QED) is 0.825. The molecule has 2 rings (SSSR count). The number of hydrogen-bond donors (Lipinski definition) is 1. The first-order valence-corrected chi connectivity index (χ1v) is 6.30. The molecule has 0 heterocycles. The lowest BCUT2D eigenvalue weighted by atomic mass is 10.1. The van der Waals surface area contributed by atoms with Gasteiger partial charge in [-0.3, -0.25) is 0 Å². The first-order valence-electron chi connectivity index (χ1n) is 6.30. The van der Waals surface area contributed by atoms with Crippen LogP contribution in [0.2, 0.25) is 0 Å². The highest BCUT2D eigenvalue weighted by molar-refractivity contribution is 5.33. The monoisotopic (exact) mass is 258 g/mol.